The van der Waals surface area contributed by atoms with E-state index in [1.54, 1.807) is 10.4 Å². The van der Waals surface area contributed by atoms with Crippen LogP contribution in [0.4, 0.5) is 0 Å². The molecule has 1 aromatic heterocycles. The van der Waals surface area contributed by atoms with Crippen LogP contribution in [0.3, 0.4) is 0 Å². The van der Waals surface area contributed by atoms with Gasteiger partial charge in [-0.2, -0.15) is 4.31 Å². The van der Waals surface area contributed by atoms with E-state index < -0.39 is 10.0 Å². The molecule has 0 bridgehead atoms. The van der Waals surface area contributed by atoms with E-state index >= 15 is 0 Å². The molecule has 0 unspecified atom stereocenters. The molecule has 0 spiro atoms. The zero-order valence-electron chi connectivity index (χ0n) is 9.32. The molecule has 2 heterocycles. The molecule has 96 valence electrons. The molecule has 0 aromatic carbocycles. The number of rotatable bonds is 2. The van der Waals surface area contributed by atoms with Crippen LogP contribution in [0.15, 0.2) is 14.7 Å². The highest BCUT2D eigenvalue weighted by Crippen LogP contribution is 2.32. The van der Waals surface area contributed by atoms with Gasteiger partial charge >= 0.3 is 0 Å². The molecular formula is C10H13Br2NO2S2. The smallest absolute Gasteiger partial charge is 0.207 e. The van der Waals surface area contributed by atoms with Crippen molar-refractivity contribution < 1.29 is 8.42 Å². The fourth-order valence-electron chi connectivity index (χ4n) is 1.89. The second kappa shape index (κ2) is 5.28. The number of nitrogens with zero attached hydrogens (tertiary/aromatic N) is 1. The van der Waals surface area contributed by atoms with Crippen molar-refractivity contribution in [1.29, 1.82) is 0 Å². The molecule has 0 atom stereocenters. The van der Waals surface area contributed by atoms with E-state index in [-0.39, 0.29) is 0 Å². The lowest BCUT2D eigenvalue weighted by atomic mass is 10.2. The Labute approximate surface area is 123 Å². The van der Waals surface area contributed by atoms with E-state index in [2.05, 4.69) is 31.9 Å². The van der Waals surface area contributed by atoms with E-state index in [0.29, 0.717) is 22.8 Å². The summed E-state index contributed by atoms with van der Waals surface area (Å²) in [7, 11) is -3.30. The van der Waals surface area contributed by atoms with Gasteiger partial charge in [-0.15, -0.1) is 11.3 Å². The zero-order chi connectivity index (χ0) is 12.6. The maximum atomic E-state index is 12.4. The Morgan fingerprint density at radius 2 is 2.00 bits per heavy atom. The molecular weight excluding hydrogens is 390 g/mol. The quantitative estimate of drug-likeness (QED) is 0.711. The van der Waals surface area contributed by atoms with Gasteiger partial charge in [0.2, 0.25) is 10.0 Å². The van der Waals surface area contributed by atoms with Crippen LogP contribution in [0.5, 0.6) is 0 Å². The predicted octanol–water partition coefficient (Wildman–Crippen LogP) is 3.37. The normalized spacial score (nSPS) is 19.7. The van der Waals surface area contributed by atoms with Crippen molar-refractivity contribution in [2.24, 2.45) is 0 Å². The third kappa shape index (κ3) is 2.94. The summed E-state index contributed by atoms with van der Waals surface area (Å²) in [4.78, 5) is 1.74. The van der Waals surface area contributed by atoms with E-state index in [1.807, 2.05) is 6.92 Å². The molecule has 1 aromatic rings. The topological polar surface area (TPSA) is 37.4 Å². The first kappa shape index (κ1) is 14.0. The van der Waals surface area contributed by atoms with Gasteiger partial charge in [-0.1, -0.05) is 15.9 Å². The van der Waals surface area contributed by atoms with Gasteiger partial charge in [0.15, 0.2) is 0 Å². The Kier molecular flexibility index (Phi) is 4.35. The third-order valence-electron chi connectivity index (χ3n) is 2.84. The standard InChI is InChI=1S/C10H13Br2NO2S2/c1-7-9(6-10(12)16-7)17(14,15)13-4-2-8(11)3-5-13/h6,8H,2-5H2,1H3. The molecule has 1 aliphatic heterocycles. The van der Waals surface area contributed by atoms with Crippen LogP contribution in [-0.2, 0) is 10.0 Å². The Balaban J connectivity index is 2.28. The van der Waals surface area contributed by atoms with Crippen molar-refractivity contribution in [2.75, 3.05) is 13.1 Å². The Hall–Kier alpha value is 0.570. The summed E-state index contributed by atoms with van der Waals surface area (Å²) in [6.45, 7) is 3.05. The number of halogens is 2. The average Bonchev–Trinajstić information content (AvgIpc) is 2.59. The van der Waals surface area contributed by atoms with Gasteiger partial charge in [-0.25, -0.2) is 8.42 Å². The lowest BCUT2D eigenvalue weighted by molar-refractivity contribution is 0.354. The monoisotopic (exact) mass is 401 g/mol. The predicted molar refractivity (Wildman–Crippen MR) is 77.5 cm³/mol. The minimum Gasteiger partial charge on any atom is -0.207 e. The second-order valence-corrected chi connectivity index (χ2v) is 9.89. The first-order valence-electron chi connectivity index (χ1n) is 5.31. The zero-order valence-corrected chi connectivity index (χ0v) is 14.1. The Bertz CT molecular complexity index is 504. The van der Waals surface area contributed by atoms with Crippen molar-refractivity contribution >= 4 is 53.2 Å². The number of hydrogen-bond donors (Lipinski definition) is 0. The van der Waals surface area contributed by atoms with E-state index in [1.165, 1.54) is 11.3 Å². The SMILES string of the molecule is Cc1sc(Br)cc1S(=O)(=O)N1CCC(Br)CC1. The van der Waals surface area contributed by atoms with Gasteiger partial charge in [0.05, 0.1) is 8.68 Å². The number of aryl methyl sites for hydroxylation is 1. The van der Waals surface area contributed by atoms with Crippen LogP contribution < -0.4 is 0 Å². The minimum absolute atomic E-state index is 0.447. The minimum atomic E-state index is -3.30. The fraction of sp³-hybridized carbons (Fsp3) is 0.600. The van der Waals surface area contributed by atoms with Crippen LogP contribution in [0.2, 0.25) is 0 Å². The van der Waals surface area contributed by atoms with E-state index in [9.17, 15) is 8.42 Å². The van der Waals surface area contributed by atoms with Gasteiger partial charge in [0.25, 0.3) is 0 Å². The van der Waals surface area contributed by atoms with Crippen LogP contribution in [-0.4, -0.2) is 30.6 Å². The maximum Gasteiger partial charge on any atom is 0.244 e. The number of thiophene rings is 1. The Morgan fingerprint density at radius 1 is 1.41 bits per heavy atom. The highest BCUT2D eigenvalue weighted by Gasteiger charge is 2.30. The molecule has 0 N–H and O–H groups in total. The second-order valence-electron chi connectivity index (χ2n) is 4.05. The molecule has 0 amide bonds. The van der Waals surface area contributed by atoms with Crippen LogP contribution >= 0.6 is 43.2 Å². The molecule has 1 aliphatic rings. The van der Waals surface area contributed by atoms with Gasteiger partial charge in [-0.05, 0) is 41.8 Å². The number of sulfonamides is 1. The summed E-state index contributed by atoms with van der Waals surface area (Å²) in [5.74, 6) is 0. The molecule has 17 heavy (non-hydrogen) atoms. The summed E-state index contributed by atoms with van der Waals surface area (Å²) in [5.41, 5.74) is 0. The maximum absolute atomic E-state index is 12.4. The molecule has 1 saturated heterocycles. The average molecular weight is 403 g/mol. The third-order valence-corrected chi connectivity index (χ3v) is 7.47. The fourth-order valence-corrected chi connectivity index (χ4v) is 6.15. The van der Waals surface area contributed by atoms with E-state index in [0.717, 1.165) is 21.5 Å². The van der Waals surface area contributed by atoms with Gasteiger partial charge < -0.3 is 0 Å². The molecule has 0 aliphatic carbocycles. The summed E-state index contributed by atoms with van der Waals surface area (Å²) >= 11 is 8.33. The van der Waals surface area contributed by atoms with Gasteiger partial charge in [0.1, 0.15) is 0 Å². The largest absolute Gasteiger partial charge is 0.244 e. The Morgan fingerprint density at radius 3 is 2.47 bits per heavy atom. The first-order valence-corrected chi connectivity index (χ1v) is 9.28. The number of hydrogen-bond acceptors (Lipinski definition) is 3. The molecule has 7 heteroatoms. The lowest BCUT2D eigenvalue weighted by Gasteiger charge is -2.28. The molecule has 1 fully saturated rings. The van der Waals surface area contributed by atoms with Crippen LogP contribution in [0, 0.1) is 6.92 Å². The van der Waals surface area contributed by atoms with Crippen LogP contribution in [0.1, 0.15) is 17.7 Å². The van der Waals surface area contributed by atoms with Crippen molar-refractivity contribution in [2.45, 2.75) is 29.5 Å². The number of piperidine rings is 1. The molecule has 0 radical (unpaired) electrons. The van der Waals surface area contributed by atoms with Crippen molar-refractivity contribution in [3.05, 3.63) is 14.7 Å². The molecule has 2 rings (SSSR count). The lowest BCUT2D eigenvalue weighted by Crippen LogP contribution is -2.38. The summed E-state index contributed by atoms with van der Waals surface area (Å²) in [6.07, 6.45) is 1.76. The van der Waals surface area contributed by atoms with Crippen molar-refractivity contribution in [1.82, 2.24) is 4.31 Å². The highest BCUT2D eigenvalue weighted by atomic mass is 79.9. The molecule has 3 nitrogen and oxygen atoms in total. The first-order chi connectivity index (χ1) is 7.91. The highest BCUT2D eigenvalue weighted by molar-refractivity contribution is 9.11. The molecule has 0 saturated carbocycles. The van der Waals surface area contributed by atoms with Crippen LogP contribution in [0.25, 0.3) is 0 Å². The van der Waals surface area contributed by atoms with E-state index in [4.69, 9.17) is 0 Å². The summed E-state index contributed by atoms with van der Waals surface area (Å²) in [6, 6.07) is 1.70. The van der Waals surface area contributed by atoms with Gasteiger partial charge in [0, 0.05) is 22.8 Å². The van der Waals surface area contributed by atoms with Gasteiger partial charge in [-0.3, -0.25) is 0 Å². The van der Waals surface area contributed by atoms with Crippen molar-refractivity contribution in [3.8, 4) is 0 Å². The van der Waals surface area contributed by atoms with Crippen molar-refractivity contribution in [3.63, 3.8) is 0 Å². The number of alkyl halides is 1. The summed E-state index contributed by atoms with van der Waals surface area (Å²) in [5, 5.41) is 0. The summed E-state index contributed by atoms with van der Waals surface area (Å²) < 4.78 is 27.3.